The lowest BCUT2D eigenvalue weighted by atomic mass is 10.1. The molecule has 2 aromatic rings. The zero-order valence-electron chi connectivity index (χ0n) is 12.7. The second kappa shape index (κ2) is 6.43. The van der Waals surface area contributed by atoms with Crippen LogP contribution in [0.5, 0.6) is 0 Å². The molecule has 2 aliphatic heterocycles. The number of rotatable bonds is 5. The largest absolute Gasteiger partial charge is 0.444 e. The van der Waals surface area contributed by atoms with Crippen LogP contribution in [0.2, 0.25) is 0 Å². The first-order chi connectivity index (χ1) is 11.3. The summed E-state index contributed by atoms with van der Waals surface area (Å²) in [6, 6.07) is 4.75. The van der Waals surface area contributed by atoms with Crippen molar-refractivity contribution in [2.24, 2.45) is 0 Å². The van der Waals surface area contributed by atoms with Crippen molar-refractivity contribution in [3.8, 4) is 10.8 Å². The standard InChI is InChI=1S/C16H19N3O3S/c20-15(19-7-13(8-19)17-11-3-4-21-9-11)6-12-10-22-16(18-12)14-2-1-5-23-14/h1-2,5,10-11,13,17H,3-4,6-9H2. The third kappa shape index (κ3) is 3.31. The molecule has 122 valence electrons. The first-order valence-corrected chi connectivity index (χ1v) is 8.76. The van der Waals surface area contributed by atoms with Gasteiger partial charge in [-0.2, -0.15) is 0 Å². The molecule has 0 aliphatic carbocycles. The average molecular weight is 333 g/mol. The van der Waals surface area contributed by atoms with Gasteiger partial charge in [0.1, 0.15) is 6.26 Å². The molecular weight excluding hydrogens is 314 g/mol. The number of carbonyl (C=O) groups is 1. The molecule has 2 fully saturated rings. The van der Waals surface area contributed by atoms with E-state index in [9.17, 15) is 4.79 Å². The summed E-state index contributed by atoms with van der Waals surface area (Å²) in [6.45, 7) is 3.16. The first-order valence-electron chi connectivity index (χ1n) is 7.88. The van der Waals surface area contributed by atoms with Gasteiger partial charge in [0.15, 0.2) is 0 Å². The molecule has 1 atom stereocenters. The summed E-state index contributed by atoms with van der Waals surface area (Å²) in [6.07, 6.45) is 2.95. The number of thiophene rings is 1. The van der Waals surface area contributed by atoms with Gasteiger partial charge in [0, 0.05) is 31.8 Å². The van der Waals surface area contributed by atoms with E-state index in [0.717, 1.165) is 37.6 Å². The van der Waals surface area contributed by atoms with E-state index in [1.54, 1.807) is 17.6 Å². The fourth-order valence-corrected chi connectivity index (χ4v) is 3.61. The highest BCUT2D eigenvalue weighted by atomic mass is 32.1. The van der Waals surface area contributed by atoms with Gasteiger partial charge in [-0.1, -0.05) is 6.07 Å². The fourth-order valence-electron chi connectivity index (χ4n) is 2.96. The Morgan fingerprint density at radius 1 is 1.43 bits per heavy atom. The Morgan fingerprint density at radius 2 is 2.35 bits per heavy atom. The average Bonchev–Trinajstić information content (AvgIpc) is 3.23. The quantitative estimate of drug-likeness (QED) is 0.899. The molecule has 0 saturated carbocycles. The van der Waals surface area contributed by atoms with Gasteiger partial charge in [-0.3, -0.25) is 4.79 Å². The van der Waals surface area contributed by atoms with Crippen LogP contribution in [0.3, 0.4) is 0 Å². The van der Waals surface area contributed by atoms with E-state index in [0.29, 0.717) is 30.1 Å². The van der Waals surface area contributed by atoms with Crippen LogP contribution in [0.1, 0.15) is 12.1 Å². The van der Waals surface area contributed by atoms with Crippen molar-refractivity contribution in [2.75, 3.05) is 26.3 Å². The topological polar surface area (TPSA) is 67.6 Å². The lowest BCUT2D eigenvalue weighted by Crippen LogP contribution is -2.62. The number of likely N-dealkylation sites (tertiary alicyclic amines) is 1. The second-order valence-corrected chi connectivity index (χ2v) is 6.97. The summed E-state index contributed by atoms with van der Waals surface area (Å²) in [4.78, 5) is 19.5. The van der Waals surface area contributed by atoms with E-state index in [-0.39, 0.29) is 5.91 Å². The molecule has 0 spiro atoms. The van der Waals surface area contributed by atoms with E-state index >= 15 is 0 Å². The Bertz CT molecular complexity index is 658. The number of nitrogens with zero attached hydrogens (tertiary/aromatic N) is 2. The van der Waals surface area contributed by atoms with Crippen LogP contribution in [0.25, 0.3) is 10.8 Å². The van der Waals surface area contributed by atoms with E-state index in [4.69, 9.17) is 9.15 Å². The van der Waals surface area contributed by atoms with Crippen LogP contribution in [0, 0.1) is 0 Å². The third-order valence-corrected chi connectivity index (χ3v) is 5.11. The summed E-state index contributed by atoms with van der Waals surface area (Å²) in [5.41, 5.74) is 0.694. The fraction of sp³-hybridized carbons (Fsp3) is 0.500. The zero-order valence-corrected chi connectivity index (χ0v) is 13.6. The molecule has 0 bridgehead atoms. The Labute approximate surface area is 138 Å². The molecule has 4 rings (SSSR count). The Balaban J connectivity index is 1.26. The van der Waals surface area contributed by atoms with Crippen LogP contribution in [-0.2, 0) is 16.0 Å². The van der Waals surface area contributed by atoms with Crippen molar-refractivity contribution in [2.45, 2.75) is 24.9 Å². The molecule has 0 aromatic carbocycles. The van der Waals surface area contributed by atoms with Crippen LogP contribution in [0.15, 0.2) is 28.2 Å². The molecule has 2 saturated heterocycles. The van der Waals surface area contributed by atoms with Crippen molar-refractivity contribution >= 4 is 17.2 Å². The number of oxazole rings is 1. The van der Waals surface area contributed by atoms with Crippen molar-refractivity contribution in [1.82, 2.24) is 15.2 Å². The van der Waals surface area contributed by atoms with Gasteiger partial charge in [-0.15, -0.1) is 11.3 Å². The normalized spacial score (nSPS) is 21.6. The molecule has 7 heteroatoms. The van der Waals surface area contributed by atoms with Crippen LogP contribution >= 0.6 is 11.3 Å². The molecule has 1 unspecified atom stereocenters. The summed E-state index contributed by atoms with van der Waals surface area (Å²) in [5.74, 6) is 0.698. The van der Waals surface area contributed by atoms with Gasteiger partial charge in [0.2, 0.25) is 11.8 Å². The highest BCUT2D eigenvalue weighted by molar-refractivity contribution is 7.13. The van der Waals surface area contributed by atoms with Crippen molar-refractivity contribution in [3.63, 3.8) is 0 Å². The number of carbonyl (C=O) groups excluding carboxylic acids is 1. The maximum atomic E-state index is 12.3. The van der Waals surface area contributed by atoms with E-state index in [1.807, 2.05) is 22.4 Å². The highest BCUT2D eigenvalue weighted by Crippen LogP contribution is 2.24. The van der Waals surface area contributed by atoms with Crippen molar-refractivity contribution < 1.29 is 13.9 Å². The van der Waals surface area contributed by atoms with Gasteiger partial charge in [-0.05, 0) is 17.9 Å². The summed E-state index contributed by atoms with van der Waals surface area (Å²) in [5, 5.41) is 5.51. The van der Waals surface area contributed by atoms with E-state index in [2.05, 4.69) is 10.3 Å². The Kier molecular flexibility index (Phi) is 4.15. The van der Waals surface area contributed by atoms with Gasteiger partial charge in [0.25, 0.3) is 0 Å². The predicted octanol–water partition coefficient (Wildman–Crippen LogP) is 1.53. The smallest absolute Gasteiger partial charge is 0.236 e. The third-order valence-electron chi connectivity index (χ3n) is 4.25. The number of hydrogen-bond acceptors (Lipinski definition) is 6. The monoisotopic (exact) mass is 333 g/mol. The Hall–Kier alpha value is -1.70. The van der Waals surface area contributed by atoms with Gasteiger partial charge >= 0.3 is 0 Å². The van der Waals surface area contributed by atoms with Gasteiger partial charge < -0.3 is 19.4 Å². The number of aromatic nitrogens is 1. The summed E-state index contributed by atoms with van der Waals surface area (Å²) >= 11 is 1.58. The van der Waals surface area contributed by atoms with E-state index < -0.39 is 0 Å². The molecule has 23 heavy (non-hydrogen) atoms. The maximum absolute atomic E-state index is 12.3. The second-order valence-electron chi connectivity index (χ2n) is 6.02. The molecule has 6 nitrogen and oxygen atoms in total. The molecule has 4 heterocycles. The molecule has 1 N–H and O–H groups in total. The number of hydrogen-bond donors (Lipinski definition) is 1. The predicted molar refractivity (Wildman–Crippen MR) is 86.2 cm³/mol. The molecule has 2 aromatic heterocycles. The van der Waals surface area contributed by atoms with Crippen molar-refractivity contribution in [1.29, 1.82) is 0 Å². The first kappa shape index (κ1) is 14.9. The molecular formula is C16H19N3O3S. The summed E-state index contributed by atoms with van der Waals surface area (Å²) < 4.78 is 10.8. The summed E-state index contributed by atoms with van der Waals surface area (Å²) in [7, 11) is 0. The van der Waals surface area contributed by atoms with Crippen LogP contribution in [0.4, 0.5) is 0 Å². The minimum absolute atomic E-state index is 0.108. The molecule has 2 aliphatic rings. The van der Waals surface area contributed by atoms with Crippen LogP contribution in [-0.4, -0.2) is 54.2 Å². The van der Waals surface area contributed by atoms with Gasteiger partial charge in [-0.25, -0.2) is 4.98 Å². The van der Waals surface area contributed by atoms with Crippen molar-refractivity contribution in [3.05, 3.63) is 29.5 Å². The number of nitrogens with one attached hydrogen (secondary N) is 1. The Morgan fingerprint density at radius 3 is 3.09 bits per heavy atom. The molecule has 1 amide bonds. The molecule has 0 radical (unpaired) electrons. The van der Waals surface area contributed by atoms with Gasteiger partial charge in [0.05, 0.1) is 23.6 Å². The minimum Gasteiger partial charge on any atom is -0.444 e. The number of amides is 1. The lowest BCUT2D eigenvalue weighted by molar-refractivity contribution is -0.135. The minimum atomic E-state index is 0.108. The van der Waals surface area contributed by atoms with E-state index in [1.165, 1.54) is 0 Å². The highest BCUT2D eigenvalue weighted by Gasteiger charge is 2.32. The maximum Gasteiger partial charge on any atom is 0.236 e. The zero-order chi connectivity index (χ0) is 15.6. The van der Waals surface area contributed by atoms with Crippen LogP contribution < -0.4 is 5.32 Å². The SMILES string of the molecule is O=C(Cc1coc(-c2cccs2)n1)N1CC(NC2CCOC2)C1. The lowest BCUT2D eigenvalue weighted by Gasteiger charge is -2.40. The number of ether oxygens (including phenoxy) is 1.